The lowest BCUT2D eigenvalue weighted by Crippen LogP contribution is -2.30. The summed E-state index contributed by atoms with van der Waals surface area (Å²) >= 11 is 0. The molecule has 0 amide bonds. The molecule has 8 nitrogen and oxygen atoms in total. The van der Waals surface area contributed by atoms with Gasteiger partial charge in [-0.3, -0.25) is 0 Å². The van der Waals surface area contributed by atoms with Crippen LogP contribution in [-0.2, 0) is 45.2 Å². The van der Waals surface area contributed by atoms with Crippen molar-refractivity contribution >= 4 is 11.9 Å². The van der Waals surface area contributed by atoms with Crippen LogP contribution in [0.3, 0.4) is 0 Å². The van der Waals surface area contributed by atoms with Crippen molar-refractivity contribution in [3.05, 3.63) is 62.8 Å². The van der Waals surface area contributed by atoms with E-state index in [4.69, 9.17) is 9.47 Å². The molecule has 0 aromatic carbocycles. The Morgan fingerprint density at radius 1 is 0.460 bits per heavy atom. The first-order chi connectivity index (χ1) is 24.6. The van der Waals surface area contributed by atoms with Crippen molar-refractivity contribution < 1.29 is 28.2 Å². The molecule has 2 heterocycles. The van der Waals surface area contributed by atoms with Crippen LogP contribution in [0.2, 0.25) is 0 Å². The molecule has 50 heavy (non-hydrogen) atoms. The van der Waals surface area contributed by atoms with Gasteiger partial charge in [0.1, 0.15) is 24.8 Å². The molecule has 0 unspecified atom stereocenters. The first-order valence-corrected chi connectivity index (χ1v) is 20.3. The number of esters is 2. The molecular formula is C42H72N4O4+2. The van der Waals surface area contributed by atoms with Crippen molar-refractivity contribution in [3.63, 3.8) is 0 Å². The van der Waals surface area contributed by atoms with E-state index in [1.54, 1.807) is 0 Å². The van der Waals surface area contributed by atoms with Gasteiger partial charge >= 0.3 is 11.9 Å². The fraction of sp³-hybridized carbons (Fsp3) is 0.714. The van der Waals surface area contributed by atoms with Crippen LogP contribution in [0.25, 0.3) is 0 Å². The van der Waals surface area contributed by atoms with Crippen molar-refractivity contribution in [2.75, 3.05) is 13.2 Å². The van der Waals surface area contributed by atoms with E-state index in [1.807, 2.05) is 0 Å². The molecule has 2 rings (SSSR count). The molecule has 0 fully saturated rings. The molecule has 0 saturated carbocycles. The van der Waals surface area contributed by atoms with Crippen molar-refractivity contribution in [1.82, 2.24) is 9.13 Å². The number of carbonyl (C=O) groups is 2. The predicted octanol–water partition coefficient (Wildman–Crippen LogP) is 9.39. The van der Waals surface area contributed by atoms with E-state index in [2.05, 4.69) is 68.9 Å². The fourth-order valence-electron chi connectivity index (χ4n) is 6.43. The number of nitrogens with zero attached hydrogens (tertiary/aromatic N) is 4. The standard InChI is InChI=1S/C42H72N4O4/c1-3-41(47)49-37-27-21-15-9-5-7-11-17-23-29-43-33-35-45(39-43)31-25-19-13-14-20-26-32-46-36-34-44(40-46)30-24-18-12-8-6-10-16-22-28-38-50-42(48)4-2/h3-4,33-36,39-40H,1-2,5-32,37-38H2/q+2. The predicted molar refractivity (Wildman–Crippen MR) is 202 cm³/mol. The second-order valence-corrected chi connectivity index (χ2v) is 14.0. The lowest BCUT2D eigenvalue weighted by Gasteiger charge is -2.03. The van der Waals surface area contributed by atoms with Crippen LogP contribution in [0.5, 0.6) is 0 Å². The van der Waals surface area contributed by atoms with Crippen molar-refractivity contribution in [1.29, 1.82) is 0 Å². The number of aryl methyl sites for hydroxylation is 4. The minimum absolute atomic E-state index is 0.313. The Hall–Kier alpha value is -3.16. The van der Waals surface area contributed by atoms with Gasteiger partial charge in [0, 0.05) is 12.2 Å². The summed E-state index contributed by atoms with van der Waals surface area (Å²) in [5.74, 6) is -0.626. The van der Waals surface area contributed by atoms with Crippen LogP contribution in [0, 0.1) is 0 Å². The van der Waals surface area contributed by atoms with Gasteiger partial charge in [-0.2, -0.15) is 0 Å². The second kappa shape index (κ2) is 30.6. The normalized spacial score (nSPS) is 11.1. The minimum atomic E-state index is -0.313. The van der Waals surface area contributed by atoms with Crippen LogP contribution in [0.1, 0.15) is 154 Å². The van der Waals surface area contributed by atoms with E-state index in [0.717, 1.165) is 51.9 Å². The van der Waals surface area contributed by atoms with Gasteiger partial charge in [0.15, 0.2) is 0 Å². The number of carbonyl (C=O) groups excluding carboxylic acids is 2. The van der Waals surface area contributed by atoms with Crippen molar-refractivity contribution in [2.45, 2.75) is 180 Å². The molecule has 0 saturated heterocycles. The zero-order chi connectivity index (χ0) is 35.7. The van der Waals surface area contributed by atoms with Gasteiger partial charge in [-0.05, 0) is 64.2 Å². The van der Waals surface area contributed by atoms with E-state index in [1.165, 1.54) is 141 Å². The summed E-state index contributed by atoms with van der Waals surface area (Å²) < 4.78 is 19.5. The Morgan fingerprint density at radius 3 is 1.10 bits per heavy atom. The highest BCUT2D eigenvalue weighted by molar-refractivity contribution is 5.81. The van der Waals surface area contributed by atoms with E-state index in [0.29, 0.717) is 13.2 Å². The highest BCUT2D eigenvalue weighted by atomic mass is 16.5. The average molecular weight is 697 g/mol. The SMILES string of the molecule is C=CC(=O)OCCCCCCCCCCC[n+]1ccn(CCCCCCCCn2cc[n+](CCCCCCCCCCCOC(=O)C=C)c2)c1. The second-order valence-electron chi connectivity index (χ2n) is 14.0. The molecule has 0 aliphatic rings. The summed E-state index contributed by atoms with van der Waals surface area (Å²) in [4.78, 5) is 22.0. The molecule has 282 valence electrons. The summed E-state index contributed by atoms with van der Waals surface area (Å²) in [7, 11) is 0. The third-order valence-corrected chi connectivity index (χ3v) is 9.52. The number of hydrogen-bond acceptors (Lipinski definition) is 4. The first-order valence-electron chi connectivity index (χ1n) is 20.3. The highest BCUT2D eigenvalue weighted by Gasteiger charge is 2.06. The minimum Gasteiger partial charge on any atom is -0.463 e. The number of imidazole rings is 2. The van der Waals surface area contributed by atoms with Gasteiger partial charge < -0.3 is 9.47 Å². The molecule has 2 aromatic rings. The van der Waals surface area contributed by atoms with Gasteiger partial charge in [0.25, 0.3) is 0 Å². The monoisotopic (exact) mass is 697 g/mol. The molecule has 0 aliphatic heterocycles. The molecule has 0 spiro atoms. The van der Waals surface area contributed by atoms with Crippen LogP contribution >= 0.6 is 0 Å². The lowest BCUT2D eigenvalue weighted by atomic mass is 10.1. The van der Waals surface area contributed by atoms with Crippen LogP contribution in [0.15, 0.2) is 62.8 Å². The van der Waals surface area contributed by atoms with Crippen LogP contribution in [0.4, 0.5) is 0 Å². The molecule has 0 bridgehead atoms. The summed E-state index contributed by atoms with van der Waals surface area (Å²) in [6.07, 6.45) is 46.1. The Bertz CT molecular complexity index is 1050. The maximum Gasteiger partial charge on any atom is 0.330 e. The lowest BCUT2D eigenvalue weighted by molar-refractivity contribution is -0.697. The summed E-state index contributed by atoms with van der Waals surface area (Å²) in [5, 5.41) is 0. The molecule has 2 aromatic heterocycles. The van der Waals surface area contributed by atoms with E-state index < -0.39 is 0 Å². The van der Waals surface area contributed by atoms with Gasteiger partial charge in [-0.15, -0.1) is 0 Å². The first kappa shape index (κ1) is 43.0. The maximum absolute atomic E-state index is 11.0. The maximum atomic E-state index is 11.0. The highest BCUT2D eigenvalue weighted by Crippen LogP contribution is 2.12. The zero-order valence-electron chi connectivity index (χ0n) is 31.7. The Labute approximate surface area is 304 Å². The van der Waals surface area contributed by atoms with Crippen molar-refractivity contribution in [3.8, 4) is 0 Å². The Morgan fingerprint density at radius 2 is 0.760 bits per heavy atom. The van der Waals surface area contributed by atoms with Crippen molar-refractivity contribution in [2.24, 2.45) is 0 Å². The van der Waals surface area contributed by atoms with E-state index in [-0.39, 0.29) is 11.9 Å². The molecular weight excluding hydrogens is 624 g/mol. The molecule has 0 radical (unpaired) electrons. The number of unbranched alkanes of at least 4 members (excludes halogenated alkanes) is 21. The summed E-state index contributed by atoms with van der Waals surface area (Å²) in [6, 6.07) is 0. The van der Waals surface area contributed by atoms with Gasteiger partial charge in [0.2, 0.25) is 12.7 Å². The largest absolute Gasteiger partial charge is 0.463 e. The number of hydrogen-bond donors (Lipinski definition) is 0. The number of rotatable bonds is 35. The van der Waals surface area contributed by atoms with Gasteiger partial charge in [-0.25, -0.2) is 27.9 Å². The average Bonchev–Trinajstić information content (AvgIpc) is 3.79. The van der Waals surface area contributed by atoms with Gasteiger partial charge in [0.05, 0.1) is 39.4 Å². The third kappa shape index (κ3) is 24.1. The topological polar surface area (TPSA) is 70.2 Å². The Kier molecular flexibility index (Phi) is 26.4. The summed E-state index contributed by atoms with van der Waals surface area (Å²) in [5.41, 5.74) is 0. The molecule has 0 aliphatic carbocycles. The smallest absolute Gasteiger partial charge is 0.330 e. The molecule has 8 heteroatoms. The number of ether oxygens (including phenoxy) is 2. The third-order valence-electron chi connectivity index (χ3n) is 9.52. The van der Waals surface area contributed by atoms with E-state index in [9.17, 15) is 9.59 Å². The summed E-state index contributed by atoms with van der Waals surface area (Å²) in [6.45, 7) is 12.4. The zero-order valence-corrected chi connectivity index (χ0v) is 31.7. The Balaban J connectivity index is 1.32. The quantitative estimate of drug-likeness (QED) is 0.0312. The molecule has 0 N–H and O–H groups in total. The van der Waals surface area contributed by atoms with E-state index >= 15 is 0 Å². The fourth-order valence-corrected chi connectivity index (χ4v) is 6.43. The molecule has 0 atom stereocenters. The van der Waals surface area contributed by atoms with Gasteiger partial charge in [-0.1, -0.05) is 103 Å². The number of aromatic nitrogens is 4. The van der Waals surface area contributed by atoms with Crippen LogP contribution in [-0.4, -0.2) is 34.3 Å². The van der Waals surface area contributed by atoms with Crippen LogP contribution < -0.4 is 9.13 Å².